The highest BCUT2D eigenvalue weighted by Gasteiger charge is 2.49. The maximum Gasteiger partial charge on any atom is 0.157 e. The molecule has 82 valence electrons. The van der Waals surface area contributed by atoms with E-state index in [1.54, 1.807) is 0 Å². The van der Waals surface area contributed by atoms with E-state index in [1.165, 1.54) is 50.2 Å². The third-order valence-corrected chi connectivity index (χ3v) is 6.10. The van der Waals surface area contributed by atoms with E-state index in [0.717, 1.165) is 11.8 Å². The van der Waals surface area contributed by atoms with Crippen LogP contribution in [0.5, 0.6) is 0 Å². The number of rotatable bonds is 1. The van der Waals surface area contributed by atoms with Crippen LogP contribution in [0.3, 0.4) is 0 Å². The van der Waals surface area contributed by atoms with Gasteiger partial charge in [0.05, 0.1) is 6.04 Å². The molecule has 3 heteroatoms. The molecule has 3 aliphatic carbocycles. The van der Waals surface area contributed by atoms with Crippen LogP contribution in [-0.2, 0) is 0 Å². The molecule has 2 nitrogen and oxygen atoms in total. The van der Waals surface area contributed by atoms with Gasteiger partial charge < -0.3 is 5.32 Å². The lowest BCUT2D eigenvalue weighted by Gasteiger charge is -2.17. The number of amidine groups is 1. The van der Waals surface area contributed by atoms with Crippen LogP contribution < -0.4 is 5.32 Å². The first kappa shape index (κ1) is 8.91. The maximum atomic E-state index is 4.96. The normalized spacial score (nSPS) is 47.7. The van der Waals surface area contributed by atoms with Crippen molar-refractivity contribution in [1.82, 2.24) is 5.32 Å². The van der Waals surface area contributed by atoms with E-state index in [1.807, 2.05) is 11.8 Å². The topological polar surface area (TPSA) is 24.4 Å². The third-order valence-electron chi connectivity index (χ3n) is 4.67. The zero-order valence-corrected chi connectivity index (χ0v) is 9.85. The summed E-state index contributed by atoms with van der Waals surface area (Å²) in [7, 11) is 0. The quantitative estimate of drug-likeness (QED) is 0.737. The summed E-state index contributed by atoms with van der Waals surface area (Å²) in [6.45, 7) is 1.18. The van der Waals surface area contributed by atoms with Crippen LogP contribution in [0, 0.1) is 11.8 Å². The Hall–Kier alpha value is -0.180. The van der Waals surface area contributed by atoms with Gasteiger partial charge in [-0.05, 0) is 43.9 Å². The van der Waals surface area contributed by atoms with Crippen molar-refractivity contribution in [3.05, 3.63) is 0 Å². The van der Waals surface area contributed by atoms with Gasteiger partial charge in [-0.3, -0.25) is 4.99 Å². The molecule has 1 N–H and O–H groups in total. The number of hydrogen-bond donors (Lipinski definition) is 1. The first-order valence-electron chi connectivity index (χ1n) is 6.34. The minimum Gasteiger partial charge on any atom is -0.363 e. The predicted octanol–water partition coefficient (Wildman–Crippen LogP) is 2.40. The second-order valence-corrected chi connectivity index (χ2v) is 7.27. The average Bonchev–Trinajstić information content (AvgIpc) is 2.66. The Balaban J connectivity index is 1.48. The summed E-state index contributed by atoms with van der Waals surface area (Å²) in [6, 6.07) is 0.674. The van der Waals surface area contributed by atoms with Crippen molar-refractivity contribution in [1.29, 1.82) is 0 Å². The van der Waals surface area contributed by atoms with Gasteiger partial charge in [-0.1, -0.05) is 18.2 Å². The van der Waals surface area contributed by atoms with Crippen LogP contribution >= 0.6 is 11.8 Å². The zero-order chi connectivity index (χ0) is 9.88. The van der Waals surface area contributed by atoms with E-state index in [-0.39, 0.29) is 0 Å². The molecule has 15 heavy (non-hydrogen) atoms. The Morgan fingerprint density at radius 1 is 1.27 bits per heavy atom. The summed E-state index contributed by atoms with van der Waals surface area (Å²) in [5.74, 6) is 1.95. The molecule has 3 saturated carbocycles. The van der Waals surface area contributed by atoms with Crippen LogP contribution in [0.2, 0.25) is 0 Å². The van der Waals surface area contributed by atoms with Crippen molar-refractivity contribution >= 4 is 16.9 Å². The molecule has 4 fully saturated rings. The SMILES string of the molecule is C1C[C@H]2C[C@@H]1C[C@@H]2N=C1NCC2(CC2)S1. The molecule has 2 bridgehead atoms. The summed E-state index contributed by atoms with van der Waals surface area (Å²) >= 11 is 2.03. The van der Waals surface area contributed by atoms with Crippen LogP contribution in [0.1, 0.15) is 38.5 Å². The van der Waals surface area contributed by atoms with Gasteiger partial charge in [0.15, 0.2) is 5.17 Å². The lowest BCUT2D eigenvalue weighted by atomic mass is 9.96. The fourth-order valence-corrected chi connectivity index (χ4v) is 4.72. The van der Waals surface area contributed by atoms with Crippen molar-refractivity contribution in [3.63, 3.8) is 0 Å². The number of thioether (sulfide) groups is 1. The van der Waals surface area contributed by atoms with Crippen LogP contribution in [0.25, 0.3) is 0 Å². The first-order valence-corrected chi connectivity index (χ1v) is 7.15. The molecule has 0 radical (unpaired) electrons. The number of nitrogens with zero attached hydrogens (tertiary/aromatic N) is 1. The minimum atomic E-state index is 0.594. The molecule has 0 unspecified atom stereocenters. The van der Waals surface area contributed by atoms with Gasteiger partial charge in [-0.15, -0.1) is 0 Å². The van der Waals surface area contributed by atoms with Gasteiger partial charge in [0, 0.05) is 11.3 Å². The predicted molar refractivity (Wildman–Crippen MR) is 64.2 cm³/mol. The lowest BCUT2D eigenvalue weighted by Crippen LogP contribution is -2.21. The number of aliphatic imine (C=N–C) groups is 1. The molecule has 1 spiro atoms. The number of fused-ring (bicyclic) bond motifs is 2. The fourth-order valence-electron chi connectivity index (χ4n) is 3.52. The van der Waals surface area contributed by atoms with Crippen molar-refractivity contribution in [2.45, 2.75) is 49.3 Å². The lowest BCUT2D eigenvalue weighted by molar-refractivity contribution is 0.420. The summed E-state index contributed by atoms with van der Waals surface area (Å²) < 4.78 is 0.594. The second kappa shape index (κ2) is 2.93. The Morgan fingerprint density at radius 2 is 2.20 bits per heavy atom. The molecular weight excluding hydrogens is 204 g/mol. The van der Waals surface area contributed by atoms with E-state index in [2.05, 4.69) is 5.32 Å². The molecule has 4 rings (SSSR count). The largest absolute Gasteiger partial charge is 0.363 e. The molecule has 0 amide bonds. The highest BCUT2D eigenvalue weighted by atomic mass is 32.2. The highest BCUT2D eigenvalue weighted by Crippen LogP contribution is 2.52. The van der Waals surface area contributed by atoms with Crippen molar-refractivity contribution in [3.8, 4) is 0 Å². The Bertz CT molecular complexity index is 322. The van der Waals surface area contributed by atoms with E-state index in [0.29, 0.717) is 10.8 Å². The highest BCUT2D eigenvalue weighted by molar-refractivity contribution is 8.15. The standard InChI is InChI=1S/C12H18N2S/c1-2-9-5-8(1)6-10(9)14-11-13-7-12(15-11)3-4-12/h8-10H,1-7H2,(H,13,14)/t8-,9+,10+/m1/s1. The van der Waals surface area contributed by atoms with Gasteiger partial charge in [0.1, 0.15) is 0 Å². The number of hydrogen-bond acceptors (Lipinski definition) is 2. The Kier molecular flexibility index (Phi) is 1.74. The van der Waals surface area contributed by atoms with Crippen molar-refractivity contribution in [2.24, 2.45) is 16.8 Å². The van der Waals surface area contributed by atoms with E-state index >= 15 is 0 Å². The van der Waals surface area contributed by atoms with Gasteiger partial charge >= 0.3 is 0 Å². The molecule has 0 aromatic heterocycles. The average molecular weight is 222 g/mol. The van der Waals surface area contributed by atoms with E-state index in [4.69, 9.17) is 4.99 Å². The molecule has 4 aliphatic rings. The molecule has 1 aliphatic heterocycles. The molecule has 1 saturated heterocycles. The van der Waals surface area contributed by atoms with Crippen LogP contribution in [0.4, 0.5) is 0 Å². The maximum absolute atomic E-state index is 4.96. The van der Waals surface area contributed by atoms with Crippen LogP contribution in [-0.4, -0.2) is 22.5 Å². The van der Waals surface area contributed by atoms with E-state index in [9.17, 15) is 0 Å². The Morgan fingerprint density at radius 3 is 2.80 bits per heavy atom. The molecular formula is C12H18N2S. The first-order chi connectivity index (χ1) is 7.33. The fraction of sp³-hybridized carbons (Fsp3) is 0.917. The minimum absolute atomic E-state index is 0.594. The third kappa shape index (κ3) is 1.42. The monoisotopic (exact) mass is 222 g/mol. The van der Waals surface area contributed by atoms with Crippen molar-refractivity contribution < 1.29 is 0 Å². The molecule has 3 atom stereocenters. The Labute approximate surface area is 95.3 Å². The van der Waals surface area contributed by atoms with E-state index < -0.39 is 0 Å². The summed E-state index contributed by atoms with van der Waals surface area (Å²) in [5.41, 5.74) is 0. The summed E-state index contributed by atoms with van der Waals surface area (Å²) in [6.07, 6.45) is 8.58. The second-order valence-electron chi connectivity index (χ2n) is 5.82. The summed E-state index contributed by atoms with van der Waals surface area (Å²) in [4.78, 5) is 4.96. The number of nitrogens with one attached hydrogen (secondary N) is 1. The molecule has 0 aromatic carbocycles. The van der Waals surface area contributed by atoms with Gasteiger partial charge in [0.25, 0.3) is 0 Å². The summed E-state index contributed by atoms with van der Waals surface area (Å²) in [5, 5.41) is 4.78. The van der Waals surface area contributed by atoms with Crippen LogP contribution in [0.15, 0.2) is 4.99 Å². The van der Waals surface area contributed by atoms with Crippen molar-refractivity contribution in [2.75, 3.05) is 6.54 Å². The van der Waals surface area contributed by atoms with Gasteiger partial charge in [-0.2, -0.15) is 0 Å². The molecule has 0 aromatic rings. The zero-order valence-electron chi connectivity index (χ0n) is 9.04. The molecule has 1 heterocycles. The van der Waals surface area contributed by atoms with Gasteiger partial charge in [-0.25, -0.2) is 0 Å². The van der Waals surface area contributed by atoms with Gasteiger partial charge in [0.2, 0.25) is 0 Å². The smallest absolute Gasteiger partial charge is 0.157 e.